The van der Waals surface area contributed by atoms with Gasteiger partial charge in [0, 0.05) is 10.5 Å². The Labute approximate surface area is 135 Å². The molecule has 0 radical (unpaired) electrons. The van der Waals surface area contributed by atoms with E-state index in [1.165, 1.54) is 6.07 Å². The molecule has 10 heteroatoms. The van der Waals surface area contributed by atoms with Crippen molar-refractivity contribution in [2.75, 3.05) is 0 Å². The molecule has 0 aliphatic carbocycles. The Bertz CT molecular complexity index is 676. The highest BCUT2D eigenvalue weighted by Gasteiger charge is 2.30. The summed E-state index contributed by atoms with van der Waals surface area (Å²) in [6.07, 6.45) is 1.31. The lowest BCUT2D eigenvalue weighted by Crippen LogP contribution is -2.40. The van der Waals surface area contributed by atoms with Gasteiger partial charge in [0.05, 0.1) is 4.92 Å². The van der Waals surface area contributed by atoms with Crippen molar-refractivity contribution in [2.24, 2.45) is 0 Å². The van der Waals surface area contributed by atoms with E-state index >= 15 is 0 Å². The second kappa shape index (κ2) is 7.65. The minimum atomic E-state index is -4.34. The Kier molecular flexibility index (Phi) is 6.45. The lowest BCUT2D eigenvalue weighted by atomic mass is 10.1. The molecule has 0 aliphatic heterocycles. The Hall–Kier alpha value is -1.52. The predicted octanol–water partition coefficient (Wildman–Crippen LogP) is 2.28. The van der Waals surface area contributed by atoms with Crippen LogP contribution >= 0.6 is 15.9 Å². The number of nitrogens with zero attached hydrogens (tertiary/aromatic N) is 1. The van der Waals surface area contributed by atoms with E-state index in [-0.39, 0.29) is 6.42 Å². The minimum absolute atomic E-state index is 0.104. The lowest BCUT2D eigenvalue weighted by molar-refractivity contribution is -0.387. The Balaban J connectivity index is 3.20. The van der Waals surface area contributed by atoms with Crippen molar-refractivity contribution in [1.82, 2.24) is 4.72 Å². The molecule has 0 saturated carbocycles. The molecule has 0 bridgehead atoms. The minimum Gasteiger partial charge on any atom is -0.480 e. The molecule has 8 nitrogen and oxygen atoms in total. The molecule has 1 unspecified atom stereocenters. The number of aliphatic carboxylic acids is 1. The van der Waals surface area contributed by atoms with Crippen LogP contribution in [0.25, 0.3) is 0 Å². The first kappa shape index (κ1) is 18.5. The van der Waals surface area contributed by atoms with Gasteiger partial charge in [0.1, 0.15) is 6.04 Å². The van der Waals surface area contributed by atoms with Gasteiger partial charge in [0.25, 0.3) is 5.69 Å². The normalized spacial score (nSPS) is 12.8. The number of unbranched alkanes of at least 4 members (excludes halogenated alkanes) is 1. The number of nitro benzene ring substituents is 1. The van der Waals surface area contributed by atoms with Gasteiger partial charge in [0.2, 0.25) is 10.0 Å². The van der Waals surface area contributed by atoms with Gasteiger partial charge in [-0.3, -0.25) is 14.9 Å². The maximum Gasteiger partial charge on any atom is 0.321 e. The van der Waals surface area contributed by atoms with Gasteiger partial charge in [-0.15, -0.1) is 0 Å². The summed E-state index contributed by atoms with van der Waals surface area (Å²) < 4.78 is 26.9. The van der Waals surface area contributed by atoms with Gasteiger partial charge < -0.3 is 5.11 Å². The molecule has 1 aromatic rings. The van der Waals surface area contributed by atoms with E-state index in [0.717, 1.165) is 12.1 Å². The van der Waals surface area contributed by atoms with E-state index in [0.29, 0.717) is 17.3 Å². The summed E-state index contributed by atoms with van der Waals surface area (Å²) in [6.45, 7) is 1.84. The van der Waals surface area contributed by atoms with Crippen LogP contribution in [0.5, 0.6) is 0 Å². The van der Waals surface area contributed by atoms with Crippen molar-refractivity contribution in [3.05, 3.63) is 32.8 Å². The number of carboxylic acids is 1. The number of nitrogens with one attached hydrogen (secondary N) is 1. The molecule has 0 heterocycles. The highest BCUT2D eigenvalue weighted by molar-refractivity contribution is 9.10. The fourth-order valence-corrected chi connectivity index (χ4v) is 3.68. The molecule has 0 saturated heterocycles. The molecule has 1 rings (SSSR count). The third-order valence-corrected chi connectivity index (χ3v) is 4.84. The molecule has 1 aromatic carbocycles. The fraction of sp³-hybridized carbons (Fsp3) is 0.417. The summed E-state index contributed by atoms with van der Waals surface area (Å²) in [5, 5.41) is 20.0. The van der Waals surface area contributed by atoms with Crippen LogP contribution in [0.1, 0.15) is 26.2 Å². The number of sulfonamides is 1. The lowest BCUT2D eigenvalue weighted by Gasteiger charge is -2.14. The van der Waals surface area contributed by atoms with Crippen molar-refractivity contribution >= 4 is 37.6 Å². The molecule has 122 valence electrons. The number of rotatable bonds is 8. The number of carboxylic acid groups (broad SMARTS) is 1. The molecule has 2 N–H and O–H groups in total. The first-order valence-electron chi connectivity index (χ1n) is 6.38. The smallest absolute Gasteiger partial charge is 0.321 e. The molecule has 0 amide bonds. The average molecular weight is 395 g/mol. The summed E-state index contributed by atoms with van der Waals surface area (Å²) in [5.74, 6) is -1.32. The predicted molar refractivity (Wildman–Crippen MR) is 82.1 cm³/mol. The van der Waals surface area contributed by atoms with Crippen LogP contribution in [0.15, 0.2) is 27.6 Å². The van der Waals surface area contributed by atoms with Gasteiger partial charge in [-0.05, 0) is 18.6 Å². The van der Waals surface area contributed by atoms with Crippen LogP contribution in [0, 0.1) is 10.1 Å². The van der Waals surface area contributed by atoms with Gasteiger partial charge >= 0.3 is 5.97 Å². The Morgan fingerprint density at radius 1 is 1.50 bits per heavy atom. The van der Waals surface area contributed by atoms with Crippen LogP contribution < -0.4 is 4.72 Å². The topological polar surface area (TPSA) is 127 Å². The van der Waals surface area contributed by atoms with Crippen molar-refractivity contribution in [1.29, 1.82) is 0 Å². The van der Waals surface area contributed by atoms with Gasteiger partial charge in [-0.2, -0.15) is 4.72 Å². The summed E-state index contributed by atoms with van der Waals surface area (Å²) in [6, 6.07) is 2.12. The largest absolute Gasteiger partial charge is 0.480 e. The monoisotopic (exact) mass is 394 g/mol. The number of nitro groups is 1. The molecule has 0 aromatic heterocycles. The van der Waals surface area contributed by atoms with E-state index in [2.05, 4.69) is 15.9 Å². The number of halogens is 1. The van der Waals surface area contributed by atoms with Crippen LogP contribution in [-0.4, -0.2) is 30.5 Å². The van der Waals surface area contributed by atoms with Crippen LogP contribution in [0.4, 0.5) is 5.69 Å². The van der Waals surface area contributed by atoms with E-state index in [1.54, 1.807) is 0 Å². The van der Waals surface area contributed by atoms with E-state index in [4.69, 9.17) is 5.11 Å². The maximum atomic E-state index is 12.3. The van der Waals surface area contributed by atoms with Crippen molar-refractivity contribution in [2.45, 2.75) is 37.1 Å². The number of hydrogen-bond acceptors (Lipinski definition) is 5. The highest BCUT2D eigenvalue weighted by Crippen LogP contribution is 2.27. The second-order valence-electron chi connectivity index (χ2n) is 4.52. The van der Waals surface area contributed by atoms with Crippen LogP contribution in [-0.2, 0) is 14.8 Å². The molecular weight excluding hydrogens is 380 g/mol. The molecule has 1 atom stereocenters. The van der Waals surface area contributed by atoms with Crippen molar-refractivity contribution in [3.63, 3.8) is 0 Å². The molecule has 0 aliphatic rings. The number of carbonyl (C=O) groups is 1. The first-order valence-corrected chi connectivity index (χ1v) is 8.65. The summed E-state index contributed by atoms with van der Waals surface area (Å²) >= 11 is 3.04. The fourth-order valence-electron chi connectivity index (χ4n) is 1.75. The number of hydrogen-bond donors (Lipinski definition) is 2. The first-order chi connectivity index (χ1) is 10.2. The van der Waals surface area contributed by atoms with E-state index in [9.17, 15) is 23.3 Å². The molecule has 22 heavy (non-hydrogen) atoms. The summed E-state index contributed by atoms with van der Waals surface area (Å²) in [4.78, 5) is 20.7. The average Bonchev–Trinajstić information content (AvgIpc) is 2.42. The molecule has 0 fully saturated rings. The van der Waals surface area contributed by atoms with Crippen molar-refractivity contribution in [3.8, 4) is 0 Å². The van der Waals surface area contributed by atoms with Crippen LogP contribution in [0.3, 0.4) is 0 Å². The van der Waals surface area contributed by atoms with Crippen LogP contribution in [0.2, 0.25) is 0 Å². The third-order valence-electron chi connectivity index (χ3n) is 2.85. The molecular formula is C12H15BrN2O6S. The summed E-state index contributed by atoms with van der Waals surface area (Å²) in [5.41, 5.74) is -0.615. The van der Waals surface area contributed by atoms with Gasteiger partial charge in [-0.25, -0.2) is 8.42 Å². The summed E-state index contributed by atoms with van der Waals surface area (Å²) in [7, 11) is -4.34. The third kappa shape index (κ3) is 4.75. The highest BCUT2D eigenvalue weighted by atomic mass is 79.9. The Morgan fingerprint density at radius 3 is 2.64 bits per heavy atom. The Morgan fingerprint density at radius 2 is 2.14 bits per heavy atom. The SMILES string of the molecule is CCCCC(NS(=O)(=O)c1cc(Br)ccc1[N+](=O)[O-])C(=O)O. The van der Waals surface area contributed by atoms with E-state index < -0.39 is 37.5 Å². The zero-order valence-electron chi connectivity index (χ0n) is 11.7. The van der Waals surface area contributed by atoms with Crippen molar-refractivity contribution < 1.29 is 23.2 Å². The second-order valence-corrected chi connectivity index (χ2v) is 7.12. The standard InChI is InChI=1S/C12H15BrN2O6S/c1-2-3-4-9(12(16)17)14-22(20,21)11-7-8(13)5-6-10(11)15(18)19/h5-7,9,14H,2-4H2,1H3,(H,16,17). The van der Waals surface area contributed by atoms with Gasteiger partial charge in [-0.1, -0.05) is 35.7 Å². The van der Waals surface area contributed by atoms with Gasteiger partial charge in [0.15, 0.2) is 4.90 Å². The quantitative estimate of drug-likeness (QED) is 0.514. The molecule has 0 spiro atoms. The van der Waals surface area contributed by atoms with E-state index in [1.807, 2.05) is 11.6 Å². The zero-order chi connectivity index (χ0) is 16.9. The number of benzene rings is 1. The maximum absolute atomic E-state index is 12.3. The zero-order valence-corrected chi connectivity index (χ0v) is 14.1.